The van der Waals surface area contributed by atoms with Gasteiger partial charge in [0.15, 0.2) is 5.17 Å². The van der Waals surface area contributed by atoms with Gasteiger partial charge in [-0.15, -0.1) is 0 Å². The van der Waals surface area contributed by atoms with E-state index in [1.807, 2.05) is 0 Å². The molecule has 0 saturated carbocycles. The van der Waals surface area contributed by atoms with Crippen molar-refractivity contribution in [1.82, 2.24) is 4.90 Å². The summed E-state index contributed by atoms with van der Waals surface area (Å²) in [5, 5.41) is 9.99. The second-order valence-corrected chi connectivity index (χ2v) is 7.05. The molecule has 27 heavy (non-hydrogen) atoms. The van der Waals surface area contributed by atoms with Crippen LogP contribution < -0.4 is 4.74 Å². The van der Waals surface area contributed by atoms with E-state index in [0.29, 0.717) is 32.1 Å². The average Bonchev–Trinajstić information content (AvgIpc) is 2.90. The topological polar surface area (TPSA) is 79.2 Å². The van der Waals surface area contributed by atoms with E-state index >= 15 is 0 Å². The molecule has 6 nitrogen and oxygen atoms in total. The molecule has 1 N–H and O–H groups in total. The summed E-state index contributed by atoms with van der Waals surface area (Å²) < 4.78 is 5.31. The molecule has 1 aliphatic heterocycles. The number of aliphatic imine (C=N–C) groups is 1. The first-order chi connectivity index (χ1) is 12.9. The summed E-state index contributed by atoms with van der Waals surface area (Å²) in [6, 6.07) is 11.3. The van der Waals surface area contributed by atoms with E-state index < -0.39 is 5.97 Å². The normalized spacial score (nSPS) is 17.0. The number of methoxy groups -OCH3 is 1. The number of aromatic carboxylic acids is 1. The number of hydrogen-bond donors (Lipinski definition) is 1. The van der Waals surface area contributed by atoms with Crippen LogP contribution in [0.3, 0.4) is 0 Å². The molecule has 3 rings (SSSR count). The average molecular weight is 403 g/mol. The third-order valence-corrected chi connectivity index (χ3v) is 5.12. The van der Waals surface area contributed by atoms with Crippen LogP contribution in [0.2, 0.25) is 5.02 Å². The fraction of sp³-hybridized carbons (Fsp3) is 0.105. The van der Waals surface area contributed by atoms with E-state index in [0.717, 1.165) is 0 Å². The smallest absolute Gasteiger partial charge is 0.335 e. The lowest BCUT2D eigenvalue weighted by molar-refractivity contribution is -0.121. The van der Waals surface area contributed by atoms with Gasteiger partial charge in [0.25, 0.3) is 5.91 Å². The van der Waals surface area contributed by atoms with Crippen LogP contribution in [-0.4, -0.2) is 41.2 Å². The fourth-order valence-corrected chi connectivity index (χ4v) is 3.56. The van der Waals surface area contributed by atoms with Crippen molar-refractivity contribution in [3.63, 3.8) is 0 Å². The van der Waals surface area contributed by atoms with Gasteiger partial charge in [0.2, 0.25) is 0 Å². The molecule has 2 aromatic carbocycles. The second-order valence-electron chi connectivity index (χ2n) is 5.61. The molecule has 0 atom stereocenters. The van der Waals surface area contributed by atoms with E-state index in [1.165, 1.54) is 28.8 Å². The van der Waals surface area contributed by atoms with Crippen molar-refractivity contribution in [1.29, 1.82) is 0 Å². The minimum absolute atomic E-state index is 0.177. The molecule has 0 aromatic heterocycles. The molecular formula is C19H15ClN2O4S. The number of carboxylic acids is 1. The van der Waals surface area contributed by atoms with Crippen molar-refractivity contribution in [2.24, 2.45) is 4.99 Å². The minimum atomic E-state index is -1.00. The Bertz CT molecular complexity index is 970. The number of amides is 1. The van der Waals surface area contributed by atoms with Crippen LogP contribution in [-0.2, 0) is 4.79 Å². The minimum Gasteiger partial charge on any atom is -0.496 e. The number of likely N-dealkylation sites (N-methyl/N-ethyl adjacent to an activating group) is 1. The Hall–Kier alpha value is -2.77. The van der Waals surface area contributed by atoms with Gasteiger partial charge >= 0.3 is 5.97 Å². The van der Waals surface area contributed by atoms with Gasteiger partial charge in [0, 0.05) is 17.6 Å². The quantitative estimate of drug-likeness (QED) is 0.772. The van der Waals surface area contributed by atoms with Gasteiger partial charge in [-0.3, -0.25) is 9.69 Å². The van der Waals surface area contributed by atoms with E-state index in [1.54, 1.807) is 50.6 Å². The highest BCUT2D eigenvalue weighted by Crippen LogP contribution is 2.35. The Morgan fingerprint density at radius 2 is 1.96 bits per heavy atom. The molecule has 0 radical (unpaired) electrons. The summed E-state index contributed by atoms with van der Waals surface area (Å²) in [6.45, 7) is 0. The van der Waals surface area contributed by atoms with Crippen LogP contribution in [0.25, 0.3) is 6.08 Å². The zero-order valence-electron chi connectivity index (χ0n) is 14.5. The third kappa shape index (κ3) is 4.15. The molecule has 138 valence electrons. The number of carbonyl (C=O) groups is 2. The molecule has 1 fully saturated rings. The lowest BCUT2D eigenvalue weighted by Crippen LogP contribution is -2.23. The molecule has 1 amide bonds. The Balaban J connectivity index is 1.91. The van der Waals surface area contributed by atoms with Gasteiger partial charge in [-0.1, -0.05) is 11.6 Å². The van der Waals surface area contributed by atoms with Gasteiger partial charge in [0.05, 0.1) is 23.3 Å². The number of thioether (sulfide) groups is 1. The zero-order chi connectivity index (χ0) is 19.6. The van der Waals surface area contributed by atoms with Crippen LogP contribution in [0, 0.1) is 0 Å². The first-order valence-corrected chi connectivity index (χ1v) is 9.01. The number of nitrogens with zero attached hydrogens (tertiary/aromatic N) is 2. The van der Waals surface area contributed by atoms with Crippen LogP contribution in [0.5, 0.6) is 5.75 Å². The molecule has 0 bridgehead atoms. The zero-order valence-corrected chi connectivity index (χ0v) is 16.0. The number of rotatable bonds is 4. The molecule has 0 unspecified atom stereocenters. The number of amidine groups is 1. The first kappa shape index (κ1) is 19.0. The van der Waals surface area contributed by atoms with E-state index in [2.05, 4.69) is 4.99 Å². The standard InChI is InChI=1S/C19H15ClN2O4S/c1-22-17(23)16(10-12-9-13(20)5-8-15(12)26-2)27-19(22)21-14-6-3-11(4-7-14)18(24)25/h3-10H,1-2H3,(H,24,25). The van der Waals surface area contributed by atoms with Crippen LogP contribution in [0.15, 0.2) is 52.4 Å². The number of hydrogen-bond acceptors (Lipinski definition) is 5. The first-order valence-electron chi connectivity index (χ1n) is 7.82. The summed E-state index contributed by atoms with van der Waals surface area (Å²) >= 11 is 7.27. The van der Waals surface area contributed by atoms with Crippen LogP contribution in [0.1, 0.15) is 15.9 Å². The maximum absolute atomic E-state index is 12.5. The van der Waals surface area contributed by atoms with Gasteiger partial charge in [-0.25, -0.2) is 9.79 Å². The van der Waals surface area contributed by atoms with Gasteiger partial charge in [0.1, 0.15) is 5.75 Å². The molecule has 0 aliphatic carbocycles. The predicted octanol–water partition coefficient (Wildman–Crippen LogP) is 4.28. The van der Waals surface area contributed by atoms with Gasteiger partial charge in [-0.2, -0.15) is 0 Å². The van der Waals surface area contributed by atoms with E-state index in [9.17, 15) is 9.59 Å². The summed E-state index contributed by atoms with van der Waals surface area (Å²) in [5.74, 6) is -0.585. The molecular weight excluding hydrogens is 388 g/mol. The molecule has 8 heteroatoms. The summed E-state index contributed by atoms with van der Waals surface area (Å²) in [4.78, 5) is 29.8. The molecule has 1 saturated heterocycles. The predicted molar refractivity (Wildman–Crippen MR) is 107 cm³/mol. The van der Waals surface area contributed by atoms with Crippen molar-refractivity contribution in [2.75, 3.05) is 14.2 Å². The van der Waals surface area contributed by atoms with Crippen molar-refractivity contribution in [2.45, 2.75) is 0 Å². The Kier molecular flexibility index (Phi) is 5.53. The van der Waals surface area contributed by atoms with Crippen LogP contribution >= 0.6 is 23.4 Å². The maximum Gasteiger partial charge on any atom is 0.335 e. The number of benzene rings is 2. The second kappa shape index (κ2) is 7.85. The molecule has 1 aliphatic rings. The maximum atomic E-state index is 12.5. The number of carbonyl (C=O) groups excluding carboxylic acids is 1. The summed E-state index contributed by atoms with van der Waals surface area (Å²) in [6.07, 6.45) is 1.71. The van der Waals surface area contributed by atoms with E-state index in [4.69, 9.17) is 21.4 Å². The lowest BCUT2D eigenvalue weighted by Gasteiger charge is -2.07. The third-order valence-electron chi connectivity index (χ3n) is 3.82. The number of halogens is 1. The van der Waals surface area contributed by atoms with Crippen molar-refractivity contribution < 1.29 is 19.4 Å². The van der Waals surface area contributed by atoms with E-state index in [-0.39, 0.29) is 11.5 Å². The Morgan fingerprint density at radius 1 is 1.26 bits per heavy atom. The Labute approximate surface area is 165 Å². The highest BCUT2D eigenvalue weighted by Gasteiger charge is 2.30. The SMILES string of the molecule is COc1ccc(Cl)cc1C=C1SC(=Nc2ccc(C(=O)O)cc2)N(C)C1=O. The monoisotopic (exact) mass is 402 g/mol. The lowest BCUT2D eigenvalue weighted by atomic mass is 10.2. The highest BCUT2D eigenvalue weighted by molar-refractivity contribution is 8.18. The highest BCUT2D eigenvalue weighted by atomic mass is 35.5. The van der Waals surface area contributed by atoms with Crippen molar-refractivity contribution in [3.05, 3.63) is 63.5 Å². The fourth-order valence-electron chi connectivity index (χ4n) is 2.40. The van der Waals surface area contributed by atoms with Crippen molar-refractivity contribution >= 4 is 52.2 Å². The largest absolute Gasteiger partial charge is 0.496 e. The van der Waals surface area contributed by atoms with Gasteiger partial charge < -0.3 is 9.84 Å². The molecule has 2 aromatic rings. The van der Waals surface area contributed by atoms with Gasteiger partial charge in [-0.05, 0) is 60.3 Å². The van der Waals surface area contributed by atoms with Crippen molar-refractivity contribution in [3.8, 4) is 5.75 Å². The summed E-state index contributed by atoms with van der Waals surface area (Å²) in [5.41, 5.74) is 1.43. The number of ether oxygens (including phenoxy) is 1. The number of carboxylic acid groups (broad SMARTS) is 1. The Morgan fingerprint density at radius 3 is 2.59 bits per heavy atom. The summed E-state index contributed by atoms with van der Waals surface area (Å²) in [7, 11) is 3.19. The molecule has 1 heterocycles. The molecule has 0 spiro atoms. The van der Waals surface area contributed by atoms with Crippen LogP contribution in [0.4, 0.5) is 5.69 Å².